The van der Waals surface area contributed by atoms with Gasteiger partial charge in [0.05, 0.1) is 14.2 Å². The van der Waals surface area contributed by atoms with Crippen molar-refractivity contribution in [3.05, 3.63) is 35.9 Å². The zero-order valence-corrected chi connectivity index (χ0v) is 16.2. The summed E-state index contributed by atoms with van der Waals surface area (Å²) in [7, 11) is 3.25. The highest BCUT2D eigenvalue weighted by atomic mass is 16.5. The Morgan fingerprint density at radius 2 is 1.64 bits per heavy atom. The highest BCUT2D eigenvalue weighted by molar-refractivity contribution is 5.89. The fourth-order valence-electron chi connectivity index (χ4n) is 2.82. The summed E-state index contributed by atoms with van der Waals surface area (Å²) in [6, 6.07) is 5.81. The van der Waals surface area contributed by atoms with Crippen molar-refractivity contribution in [2.45, 2.75) is 71.1 Å². The van der Waals surface area contributed by atoms with Crippen LogP contribution in [0.2, 0.25) is 0 Å². The number of allylic oxidation sites excluding steroid dienone is 2. The van der Waals surface area contributed by atoms with Crippen LogP contribution in [0.5, 0.6) is 11.5 Å². The van der Waals surface area contributed by atoms with Gasteiger partial charge in [-0.3, -0.25) is 4.79 Å². The van der Waals surface area contributed by atoms with Crippen LogP contribution >= 0.6 is 0 Å². The lowest BCUT2D eigenvalue weighted by Crippen LogP contribution is -1.97. The highest BCUT2D eigenvalue weighted by Gasteiger charge is 2.05. The molecule has 0 bridgehead atoms. The summed E-state index contributed by atoms with van der Waals surface area (Å²) in [6.45, 7) is 2.24. The van der Waals surface area contributed by atoms with E-state index in [2.05, 4.69) is 6.92 Å². The largest absolute Gasteiger partial charge is 0.493 e. The molecule has 0 aliphatic rings. The third kappa shape index (κ3) is 9.33. The van der Waals surface area contributed by atoms with Crippen LogP contribution < -0.4 is 9.47 Å². The number of rotatable bonds is 14. The third-order valence-electron chi connectivity index (χ3n) is 4.39. The van der Waals surface area contributed by atoms with Crippen LogP contribution in [-0.4, -0.2) is 20.0 Å². The SMILES string of the molecule is CCCCCCCCCC=CC(=O)CCc1ccc(OC)c(OC)c1. The van der Waals surface area contributed by atoms with Crippen molar-refractivity contribution in [2.24, 2.45) is 0 Å². The second kappa shape index (κ2) is 13.5. The molecule has 140 valence electrons. The van der Waals surface area contributed by atoms with Crippen molar-refractivity contribution in [1.82, 2.24) is 0 Å². The van der Waals surface area contributed by atoms with Crippen molar-refractivity contribution in [2.75, 3.05) is 14.2 Å². The average Bonchev–Trinajstić information content (AvgIpc) is 2.64. The summed E-state index contributed by atoms with van der Waals surface area (Å²) in [5.74, 6) is 1.62. The Hall–Kier alpha value is -1.77. The van der Waals surface area contributed by atoms with Crippen LogP contribution in [0.4, 0.5) is 0 Å². The minimum Gasteiger partial charge on any atom is -0.493 e. The summed E-state index contributed by atoms with van der Waals surface area (Å²) in [6.07, 6.45) is 15.2. The summed E-state index contributed by atoms with van der Waals surface area (Å²) in [5, 5.41) is 0. The standard InChI is InChI=1S/C22H34O3/c1-4-5-6-7-8-9-10-11-12-13-20(23)16-14-19-15-17-21(24-2)22(18-19)25-3/h12-13,15,17-18H,4-11,14,16H2,1-3H3. The van der Waals surface area contributed by atoms with Gasteiger partial charge in [0.1, 0.15) is 0 Å². The Morgan fingerprint density at radius 3 is 2.32 bits per heavy atom. The second-order valence-corrected chi connectivity index (χ2v) is 6.47. The number of ether oxygens (including phenoxy) is 2. The van der Waals surface area contributed by atoms with Gasteiger partial charge in [0.25, 0.3) is 0 Å². The lowest BCUT2D eigenvalue weighted by atomic mass is 10.1. The number of benzene rings is 1. The van der Waals surface area contributed by atoms with E-state index < -0.39 is 0 Å². The fourth-order valence-corrected chi connectivity index (χ4v) is 2.82. The van der Waals surface area contributed by atoms with Crippen molar-refractivity contribution in [1.29, 1.82) is 0 Å². The van der Waals surface area contributed by atoms with E-state index in [0.29, 0.717) is 17.9 Å². The van der Waals surface area contributed by atoms with E-state index in [9.17, 15) is 4.79 Å². The Labute approximate surface area is 153 Å². The van der Waals surface area contributed by atoms with Gasteiger partial charge in [-0.2, -0.15) is 0 Å². The van der Waals surface area contributed by atoms with Crippen LogP contribution in [0.1, 0.15) is 70.3 Å². The molecule has 0 amide bonds. The molecule has 0 N–H and O–H groups in total. The zero-order chi connectivity index (χ0) is 18.3. The Bertz CT molecular complexity index is 520. The molecule has 3 nitrogen and oxygen atoms in total. The van der Waals surface area contributed by atoms with E-state index in [1.54, 1.807) is 20.3 Å². The quantitative estimate of drug-likeness (QED) is 0.311. The molecule has 0 spiro atoms. The van der Waals surface area contributed by atoms with Crippen molar-refractivity contribution < 1.29 is 14.3 Å². The van der Waals surface area contributed by atoms with Gasteiger partial charge in [0, 0.05) is 6.42 Å². The molecule has 1 rings (SSSR count). The highest BCUT2D eigenvalue weighted by Crippen LogP contribution is 2.27. The normalized spacial score (nSPS) is 11.0. The van der Waals surface area contributed by atoms with Crippen LogP contribution in [-0.2, 0) is 11.2 Å². The second-order valence-electron chi connectivity index (χ2n) is 6.47. The van der Waals surface area contributed by atoms with Gasteiger partial charge in [-0.05, 0) is 43.0 Å². The summed E-state index contributed by atoms with van der Waals surface area (Å²) >= 11 is 0. The minimum absolute atomic E-state index is 0.192. The molecule has 3 heteroatoms. The van der Waals surface area contributed by atoms with E-state index in [0.717, 1.165) is 18.4 Å². The molecule has 0 aliphatic carbocycles. The first-order chi connectivity index (χ1) is 12.2. The van der Waals surface area contributed by atoms with Crippen molar-refractivity contribution >= 4 is 5.78 Å². The van der Waals surface area contributed by atoms with Gasteiger partial charge < -0.3 is 9.47 Å². The number of carbonyl (C=O) groups excluding carboxylic acids is 1. The van der Waals surface area contributed by atoms with E-state index in [1.807, 2.05) is 24.3 Å². The lowest BCUT2D eigenvalue weighted by Gasteiger charge is -2.09. The Balaban J connectivity index is 2.20. The van der Waals surface area contributed by atoms with Gasteiger partial charge in [-0.15, -0.1) is 0 Å². The molecule has 0 saturated carbocycles. The zero-order valence-electron chi connectivity index (χ0n) is 16.2. The Kier molecular flexibility index (Phi) is 11.5. The van der Waals surface area contributed by atoms with Crippen LogP contribution in [0.15, 0.2) is 30.4 Å². The first-order valence-electron chi connectivity index (χ1n) is 9.61. The summed E-state index contributed by atoms with van der Waals surface area (Å²) in [4.78, 5) is 12.0. The topological polar surface area (TPSA) is 35.5 Å². The first-order valence-corrected chi connectivity index (χ1v) is 9.61. The molecule has 0 saturated heterocycles. The molecule has 0 atom stereocenters. The van der Waals surface area contributed by atoms with Gasteiger partial charge in [-0.25, -0.2) is 0 Å². The van der Waals surface area contributed by atoms with Crippen molar-refractivity contribution in [3.63, 3.8) is 0 Å². The predicted molar refractivity (Wildman–Crippen MR) is 105 cm³/mol. The van der Waals surface area contributed by atoms with Crippen molar-refractivity contribution in [3.8, 4) is 11.5 Å². The lowest BCUT2D eigenvalue weighted by molar-refractivity contribution is -0.114. The van der Waals surface area contributed by atoms with Gasteiger partial charge in [-0.1, -0.05) is 57.6 Å². The summed E-state index contributed by atoms with van der Waals surface area (Å²) in [5.41, 5.74) is 1.09. The molecule has 1 aromatic rings. The van der Waals surface area contributed by atoms with E-state index in [1.165, 1.54) is 44.9 Å². The smallest absolute Gasteiger partial charge is 0.160 e. The maximum Gasteiger partial charge on any atom is 0.160 e. The van der Waals surface area contributed by atoms with Crippen LogP contribution in [0, 0.1) is 0 Å². The van der Waals surface area contributed by atoms with Crippen LogP contribution in [0.25, 0.3) is 0 Å². The maximum atomic E-state index is 12.0. The molecule has 0 aromatic heterocycles. The molecule has 1 aromatic carbocycles. The number of unbranched alkanes of at least 4 members (excludes halogenated alkanes) is 7. The monoisotopic (exact) mass is 346 g/mol. The minimum atomic E-state index is 0.192. The van der Waals surface area contributed by atoms with Gasteiger partial charge >= 0.3 is 0 Å². The number of hydrogen-bond acceptors (Lipinski definition) is 3. The Morgan fingerprint density at radius 1 is 0.960 bits per heavy atom. The summed E-state index contributed by atoms with van der Waals surface area (Å²) < 4.78 is 10.5. The van der Waals surface area contributed by atoms with Gasteiger partial charge in [0.2, 0.25) is 0 Å². The molecule has 0 fully saturated rings. The number of hydrogen-bond donors (Lipinski definition) is 0. The van der Waals surface area contributed by atoms with E-state index >= 15 is 0 Å². The third-order valence-corrected chi connectivity index (χ3v) is 4.39. The van der Waals surface area contributed by atoms with E-state index in [-0.39, 0.29) is 5.78 Å². The number of methoxy groups -OCH3 is 2. The molecule has 0 radical (unpaired) electrons. The van der Waals surface area contributed by atoms with E-state index in [4.69, 9.17) is 9.47 Å². The first kappa shape index (κ1) is 21.3. The molecular weight excluding hydrogens is 312 g/mol. The average molecular weight is 347 g/mol. The van der Waals surface area contributed by atoms with Gasteiger partial charge in [0.15, 0.2) is 17.3 Å². The van der Waals surface area contributed by atoms with Crippen LogP contribution in [0.3, 0.4) is 0 Å². The maximum absolute atomic E-state index is 12.0. The predicted octanol–water partition coefficient (Wildman–Crippen LogP) is 5.90. The number of carbonyl (C=O) groups is 1. The molecular formula is C22H34O3. The molecule has 25 heavy (non-hydrogen) atoms. The fraction of sp³-hybridized carbons (Fsp3) is 0.591. The number of aryl methyl sites for hydroxylation is 1. The molecule has 0 heterocycles. The molecule has 0 unspecified atom stereocenters. The molecule has 0 aliphatic heterocycles. The number of ketones is 1.